The third kappa shape index (κ3) is 2.92. The number of fused-ring (bicyclic) bond motifs is 1. The lowest BCUT2D eigenvalue weighted by atomic mass is 10.1. The molecule has 0 saturated heterocycles. The molecule has 5 heteroatoms. The van der Waals surface area contributed by atoms with Gasteiger partial charge in [-0.15, -0.1) is 0 Å². The molecule has 1 aliphatic heterocycles. The third-order valence-corrected chi connectivity index (χ3v) is 3.03. The van der Waals surface area contributed by atoms with Crippen molar-refractivity contribution < 1.29 is 9.94 Å². The molecule has 1 aliphatic rings. The molecular formula is C13H19N3O2. The Bertz CT molecular complexity index is 460. The molecule has 1 atom stereocenters. The van der Waals surface area contributed by atoms with E-state index in [1.807, 2.05) is 18.0 Å². The average Bonchev–Trinajstić information content (AvgIpc) is 2.69. The van der Waals surface area contributed by atoms with Crippen molar-refractivity contribution in [2.45, 2.75) is 19.4 Å². The zero-order valence-corrected chi connectivity index (χ0v) is 10.8. The molecule has 0 saturated carbocycles. The molecule has 1 heterocycles. The predicted octanol–water partition coefficient (Wildman–Crippen LogP) is 0.977. The van der Waals surface area contributed by atoms with Crippen LogP contribution in [0, 0.1) is 6.92 Å². The summed E-state index contributed by atoms with van der Waals surface area (Å²) in [5, 5.41) is 11.5. The molecule has 0 bridgehead atoms. The molecule has 0 aliphatic carbocycles. The van der Waals surface area contributed by atoms with E-state index in [4.69, 9.17) is 15.7 Å². The molecule has 0 fully saturated rings. The normalized spacial score (nSPS) is 18.8. The maximum Gasteiger partial charge on any atom is 0.153 e. The number of rotatable bonds is 4. The Morgan fingerprint density at radius 2 is 2.39 bits per heavy atom. The standard InChI is InChI=1S/C13H19N3O2/c1-9-3-4-12-10(5-9)6-11(18-12)7-16(2)8-13(14)15-17/h3-5,11,17H,6-8H2,1-2H3,(H2,14,15). The van der Waals surface area contributed by atoms with Gasteiger partial charge in [-0.1, -0.05) is 22.9 Å². The lowest BCUT2D eigenvalue weighted by Gasteiger charge is -2.19. The van der Waals surface area contributed by atoms with Gasteiger partial charge in [0, 0.05) is 13.0 Å². The zero-order chi connectivity index (χ0) is 13.1. The van der Waals surface area contributed by atoms with E-state index in [9.17, 15) is 0 Å². The third-order valence-electron chi connectivity index (χ3n) is 3.03. The monoisotopic (exact) mass is 249 g/mol. The predicted molar refractivity (Wildman–Crippen MR) is 70.2 cm³/mol. The molecule has 1 aromatic rings. The van der Waals surface area contributed by atoms with Gasteiger partial charge in [0.1, 0.15) is 11.9 Å². The number of oxime groups is 1. The van der Waals surface area contributed by atoms with E-state index in [1.54, 1.807) is 0 Å². The summed E-state index contributed by atoms with van der Waals surface area (Å²) in [5.41, 5.74) is 7.98. The number of benzene rings is 1. The first-order valence-corrected chi connectivity index (χ1v) is 5.99. The largest absolute Gasteiger partial charge is 0.488 e. The van der Waals surface area contributed by atoms with Crippen molar-refractivity contribution in [3.63, 3.8) is 0 Å². The van der Waals surface area contributed by atoms with Gasteiger partial charge in [-0.3, -0.25) is 4.90 Å². The summed E-state index contributed by atoms with van der Waals surface area (Å²) in [6.07, 6.45) is 1.05. The summed E-state index contributed by atoms with van der Waals surface area (Å²) in [6.45, 7) is 3.27. The van der Waals surface area contributed by atoms with E-state index in [1.165, 1.54) is 11.1 Å². The van der Waals surface area contributed by atoms with Crippen LogP contribution in [0.2, 0.25) is 0 Å². The molecule has 3 N–H and O–H groups in total. The molecule has 5 nitrogen and oxygen atoms in total. The van der Waals surface area contributed by atoms with Crippen LogP contribution in [0.15, 0.2) is 23.4 Å². The highest BCUT2D eigenvalue weighted by atomic mass is 16.5. The van der Waals surface area contributed by atoms with E-state index in [-0.39, 0.29) is 11.9 Å². The first-order valence-electron chi connectivity index (χ1n) is 5.99. The van der Waals surface area contributed by atoms with Crippen LogP contribution in [0.3, 0.4) is 0 Å². The summed E-state index contributed by atoms with van der Waals surface area (Å²) in [4.78, 5) is 1.98. The molecule has 1 aromatic carbocycles. The number of nitrogens with zero attached hydrogens (tertiary/aromatic N) is 2. The molecule has 0 aromatic heterocycles. The van der Waals surface area contributed by atoms with Crippen molar-refractivity contribution in [2.75, 3.05) is 20.1 Å². The Morgan fingerprint density at radius 3 is 3.11 bits per heavy atom. The van der Waals surface area contributed by atoms with Gasteiger partial charge >= 0.3 is 0 Å². The van der Waals surface area contributed by atoms with Crippen molar-refractivity contribution in [1.29, 1.82) is 0 Å². The Hall–Kier alpha value is -1.75. The minimum absolute atomic E-state index is 0.137. The van der Waals surface area contributed by atoms with E-state index in [0.717, 1.165) is 18.7 Å². The number of hydrogen-bond acceptors (Lipinski definition) is 4. The van der Waals surface area contributed by atoms with Gasteiger partial charge in [-0.25, -0.2) is 0 Å². The molecule has 1 unspecified atom stereocenters. The summed E-state index contributed by atoms with van der Waals surface area (Å²) in [7, 11) is 1.93. The van der Waals surface area contributed by atoms with Gasteiger partial charge in [0.2, 0.25) is 0 Å². The van der Waals surface area contributed by atoms with Crippen LogP contribution < -0.4 is 10.5 Å². The van der Waals surface area contributed by atoms with Gasteiger partial charge in [0.25, 0.3) is 0 Å². The van der Waals surface area contributed by atoms with Crippen molar-refractivity contribution in [3.8, 4) is 5.75 Å². The Balaban J connectivity index is 1.91. The maximum absolute atomic E-state index is 8.52. The Morgan fingerprint density at radius 1 is 1.61 bits per heavy atom. The van der Waals surface area contributed by atoms with E-state index in [0.29, 0.717) is 6.54 Å². The molecule has 0 amide bonds. The van der Waals surface area contributed by atoms with E-state index < -0.39 is 0 Å². The lowest BCUT2D eigenvalue weighted by molar-refractivity contribution is 0.177. The minimum atomic E-state index is 0.137. The summed E-state index contributed by atoms with van der Waals surface area (Å²) in [6, 6.07) is 6.24. The minimum Gasteiger partial charge on any atom is -0.488 e. The quantitative estimate of drug-likeness (QED) is 0.361. The number of hydrogen-bond donors (Lipinski definition) is 2. The topological polar surface area (TPSA) is 71.1 Å². The highest BCUT2D eigenvalue weighted by Gasteiger charge is 2.24. The highest BCUT2D eigenvalue weighted by molar-refractivity contribution is 5.81. The fourth-order valence-electron chi connectivity index (χ4n) is 2.27. The second kappa shape index (κ2) is 5.27. The van der Waals surface area contributed by atoms with Crippen LogP contribution >= 0.6 is 0 Å². The maximum atomic E-state index is 8.52. The fraction of sp³-hybridized carbons (Fsp3) is 0.462. The molecule has 98 valence electrons. The average molecular weight is 249 g/mol. The molecule has 0 radical (unpaired) electrons. The number of likely N-dealkylation sites (N-methyl/N-ethyl adjacent to an activating group) is 1. The van der Waals surface area contributed by atoms with Gasteiger partial charge in [-0.05, 0) is 25.6 Å². The first-order chi connectivity index (χ1) is 8.58. The molecule has 18 heavy (non-hydrogen) atoms. The van der Waals surface area contributed by atoms with Crippen LogP contribution in [-0.4, -0.2) is 42.2 Å². The Labute approximate surface area is 107 Å². The first kappa shape index (κ1) is 12.7. The molecule has 2 rings (SSSR count). The number of amidine groups is 1. The van der Waals surface area contributed by atoms with Gasteiger partial charge in [-0.2, -0.15) is 0 Å². The number of aryl methyl sites for hydroxylation is 1. The van der Waals surface area contributed by atoms with E-state index in [2.05, 4.69) is 24.2 Å². The summed E-state index contributed by atoms with van der Waals surface area (Å²) in [5.74, 6) is 1.19. The van der Waals surface area contributed by atoms with Gasteiger partial charge in [0.05, 0.1) is 6.54 Å². The summed E-state index contributed by atoms with van der Waals surface area (Å²) >= 11 is 0. The van der Waals surface area contributed by atoms with Crippen molar-refractivity contribution in [2.24, 2.45) is 10.9 Å². The summed E-state index contributed by atoms with van der Waals surface area (Å²) < 4.78 is 5.86. The second-order valence-corrected chi connectivity index (χ2v) is 4.84. The number of nitrogens with two attached hydrogens (primary N) is 1. The van der Waals surface area contributed by atoms with Gasteiger partial charge < -0.3 is 15.7 Å². The van der Waals surface area contributed by atoms with Crippen molar-refractivity contribution in [1.82, 2.24) is 4.90 Å². The zero-order valence-electron chi connectivity index (χ0n) is 10.8. The molecular weight excluding hydrogens is 230 g/mol. The molecule has 0 spiro atoms. The smallest absolute Gasteiger partial charge is 0.153 e. The lowest BCUT2D eigenvalue weighted by Crippen LogP contribution is -2.37. The Kier molecular flexibility index (Phi) is 3.72. The highest BCUT2D eigenvalue weighted by Crippen LogP contribution is 2.29. The number of ether oxygens (including phenoxy) is 1. The van der Waals surface area contributed by atoms with Crippen LogP contribution in [0.25, 0.3) is 0 Å². The van der Waals surface area contributed by atoms with Crippen LogP contribution in [-0.2, 0) is 6.42 Å². The van der Waals surface area contributed by atoms with Crippen molar-refractivity contribution >= 4 is 5.84 Å². The van der Waals surface area contributed by atoms with Gasteiger partial charge in [0.15, 0.2) is 5.84 Å². The van der Waals surface area contributed by atoms with Crippen LogP contribution in [0.5, 0.6) is 5.75 Å². The van der Waals surface area contributed by atoms with E-state index >= 15 is 0 Å². The van der Waals surface area contributed by atoms with Crippen LogP contribution in [0.4, 0.5) is 0 Å². The second-order valence-electron chi connectivity index (χ2n) is 4.84. The van der Waals surface area contributed by atoms with Crippen molar-refractivity contribution in [3.05, 3.63) is 29.3 Å². The fourth-order valence-corrected chi connectivity index (χ4v) is 2.27. The van der Waals surface area contributed by atoms with Crippen LogP contribution in [0.1, 0.15) is 11.1 Å². The SMILES string of the molecule is Cc1ccc2c(c1)CC(CN(C)CC(N)=NO)O2.